The number of rotatable bonds is 4. The molecule has 33 heavy (non-hydrogen) atoms. The number of H-pyrrole nitrogens is 1. The van der Waals surface area contributed by atoms with Crippen LogP contribution in [0.5, 0.6) is 11.5 Å². The second-order valence-corrected chi connectivity index (χ2v) is 7.66. The van der Waals surface area contributed by atoms with E-state index in [1.807, 2.05) is 12.1 Å². The average Bonchev–Trinajstić information content (AvgIpc) is 3.27. The second kappa shape index (κ2) is 7.84. The van der Waals surface area contributed by atoms with Crippen LogP contribution in [0.2, 0.25) is 0 Å². The number of carbonyl (C=O) groups excluding carboxylic acids is 1. The zero-order valence-electron chi connectivity index (χ0n) is 17.1. The van der Waals surface area contributed by atoms with E-state index in [9.17, 15) is 18.0 Å². The van der Waals surface area contributed by atoms with Crippen molar-refractivity contribution < 1.29 is 27.4 Å². The van der Waals surface area contributed by atoms with Gasteiger partial charge in [-0.05, 0) is 53.4 Å². The van der Waals surface area contributed by atoms with Crippen molar-refractivity contribution in [3.63, 3.8) is 0 Å². The number of pyridine rings is 1. The summed E-state index contributed by atoms with van der Waals surface area (Å²) in [5.41, 5.74) is 1.19. The predicted molar refractivity (Wildman–Crippen MR) is 114 cm³/mol. The van der Waals surface area contributed by atoms with E-state index >= 15 is 0 Å². The molecular weight excluding hydrogens is 435 g/mol. The van der Waals surface area contributed by atoms with Gasteiger partial charge in [-0.15, -0.1) is 13.2 Å². The number of nitrogens with one attached hydrogen (secondary N) is 2. The minimum Gasteiger partial charge on any atom is -0.491 e. The molecule has 4 aromatic rings. The lowest BCUT2D eigenvalue weighted by atomic mass is 9.81. The van der Waals surface area contributed by atoms with Crippen LogP contribution in [0.3, 0.4) is 0 Å². The SMILES string of the molecule is O=C(N[C@]1(c2ccc(OC(F)(F)F)cc2)CCOc2cccnc21)c1ccc2cc[nH]c2c1. The second-order valence-electron chi connectivity index (χ2n) is 7.66. The number of aromatic nitrogens is 2. The summed E-state index contributed by atoms with van der Waals surface area (Å²) in [7, 11) is 0. The zero-order chi connectivity index (χ0) is 23.1. The van der Waals surface area contributed by atoms with Crippen molar-refractivity contribution in [2.24, 2.45) is 0 Å². The molecule has 6 nitrogen and oxygen atoms in total. The van der Waals surface area contributed by atoms with Crippen LogP contribution >= 0.6 is 0 Å². The van der Waals surface area contributed by atoms with Crippen LogP contribution in [0, 0.1) is 0 Å². The lowest BCUT2D eigenvalue weighted by Crippen LogP contribution is -2.50. The molecule has 9 heteroatoms. The van der Waals surface area contributed by atoms with Gasteiger partial charge in [0.1, 0.15) is 22.7 Å². The molecule has 168 valence electrons. The van der Waals surface area contributed by atoms with Gasteiger partial charge in [0, 0.05) is 29.9 Å². The number of carbonyl (C=O) groups is 1. The number of fused-ring (bicyclic) bond motifs is 2. The smallest absolute Gasteiger partial charge is 0.491 e. The van der Waals surface area contributed by atoms with E-state index in [2.05, 4.69) is 20.0 Å². The van der Waals surface area contributed by atoms with E-state index in [0.29, 0.717) is 29.0 Å². The molecule has 0 radical (unpaired) electrons. The topological polar surface area (TPSA) is 76.2 Å². The Morgan fingerprint density at radius 1 is 1.12 bits per heavy atom. The molecule has 5 rings (SSSR count). The van der Waals surface area contributed by atoms with Gasteiger partial charge in [0.05, 0.1) is 6.61 Å². The van der Waals surface area contributed by atoms with Gasteiger partial charge in [0.15, 0.2) is 0 Å². The summed E-state index contributed by atoms with van der Waals surface area (Å²) in [6, 6.07) is 16.1. The lowest BCUT2D eigenvalue weighted by molar-refractivity contribution is -0.274. The molecule has 1 aliphatic heterocycles. The molecule has 0 saturated heterocycles. The highest BCUT2D eigenvalue weighted by Crippen LogP contribution is 2.41. The average molecular weight is 453 g/mol. The molecule has 1 aliphatic rings. The monoisotopic (exact) mass is 453 g/mol. The van der Waals surface area contributed by atoms with E-state index in [4.69, 9.17) is 4.74 Å². The van der Waals surface area contributed by atoms with E-state index in [1.54, 1.807) is 36.7 Å². The molecular formula is C24H18F3N3O3. The van der Waals surface area contributed by atoms with Gasteiger partial charge in [-0.25, -0.2) is 0 Å². The maximum atomic E-state index is 13.4. The minimum atomic E-state index is -4.79. The van der Waals surface area contributed by atoms with Crippen molar-refractivity contribution >= 4 is 16.8 Å². The number of aromatic amines is 1. The third-order valence-corrected chi connectivity index (χ3v) is 5.63. The Morgan fingerprint density at radius 2 is 1.94 bits per heavy atom. The highest BCUT2D eigenvalue weighted by Gasteiger charge is 2.42. The van der Waals surface area contributed by atoms with Crippen LogP contribution in [0.1, 0.15) is 28.0 Å². The maximum absolute atomic E-state index is 13.4. The number of amides is 1. The first kappa shape index (κ1) is 20.9. The van der Waals surface area contributed by atoms with E-state index in [-0.39, 0.29) is 18.3 Å². The van der Waals surface area contributed by atoms with Crippen molar-refractivity contribution in [3.8, 4) is 11.5 Å². The first-order chi connectivity index (χ1) is 15.8. The van der Waals surface area contributed by atoms with Gasteiger partial charge in [0.25, 0.3) is 5.91 Å². The summed E-state index contributed by atoms with van der Waals surface area (Å²) in [5, 5.41) is 4.06. The predicted octanol–water partition coefficient (Wildman–Crippen LogP) is 4.92. The van der Waals surface area contributed by atoms with Crippen LogP contribution in [0.25, 0.3) is 10.9 Å². The Balaban J connectivity index is 1.56. The summed E-state index contributed by atoms with van der Waals surface area (Å²) >= 11 is 0. The fraction of sp³-hybridized carbons (Fsp3) is 0.167. The first-order valence-corrected chi connectivity index (χ1v) is 10.2. The molecule has 1 atom stereocenters. The molecule has 0 spiro atoms. The molecule has 3 heterocycles. The standard InChI is InChI=1S/C24H18F3N3O3/c25-24(26,27)33-18-7-5-17(6-8-18)23(10-13-32-20-2-1-11-29-21(20)23)30-22(31)16-4-3-15-9-12-28-19(15)14-16/h1-9,11-12,14,28H,10,13H2,(H,30,31)/t23-/m0/s1. The number of halogens is 3. The Bertz CT molecular complexity index is 1320. The van der Waals surface area contributed by atoms with Crippen molar-refractivity contribution in [2.75, 3.05) is 6.61 Å². The Labute approximate surface area is 186 Å². The third-order valence-electron chi connectivity index (χ3n) is 5.63. The van der Waals surface area contributed by atoms with Gasteiger partial charge in [-0.3, -0.25) is 9.78 Å². The summed E-state index contributed by atoms with van der Waals surface area (Å²) in [6.07, 6.45) is -1.08. The lowest BCUT2D eigenvalue weighted by Gasteiger charge is -2.39. The van der Waals surface area contributed by atoms with Gasteiger partial charge >= 0.3 is 6.36 Å². The van der Waals surface area contributed by atoms with Crippen molar-refractivity contribution in [1.82, 2.24) is 15.3 Å². The normalized spacial score (nSPS) is 17.8. The third kappa shape index (κ3) is 3.97. The number of nitrogens with zero attached hydrogens (tertiary/aromatic N) is 1. The number of alkyl halides is 3. The van der Waals surface area contributed by atoms with Crippen molar-refractivity contribution in [1.29, 1.82) is 0 Å². The Morgan fingerprint density at radius 3 is 2.73 bits per heavy atom. The van der Waals surface area contributed by atoms with Gasteiger partial charge < -0.3 is 19.8 Å². The van der Waals surface area contributed by atoms with E-state index in [0.717, 1.165) is 10.9 Å². The van der Waals surface area contributed by atoms with Crippen LogP contribution < -0.4 is 14.8 Å². The molecule has 2 aromatic heterocycles. The number of ether oxygens (including phenoxy) is 2. The Kier molecular flexibility index (Phi) is 4.96. The van der Waals surface area contributed by atoms with Crippen LogP contribution in [0.4, 0.5) is 13.2 Å². The molecule has 0 aliphatic carbocycles. The van der Waals surface area contributed by atoms with Gasteiger partial charge in [0.2, 0.25) is 0 Å². The Hall–Kier alpha value is -4.01. The van der Waals surface area contributed by atoms with Crippen LogP contribution in [-0.4, -0.2) is 28.8 Å². The first-order valence-electron chi connectivity index (χ1n) is 10.2. The molecule has 0 saturated carbocycles. The van der Waals surface area contributed by atoms with Crippen molar-refractivity contribution in [3.05, 3.63) is 89.9 Å². The summed E-state index contributed by atoms with van der Waals surface area (Å²) in [4.78, 5) is 20.9. The summed E-state index contributed by atoms with van der Waals surface area (Å²) in [6.45, 7) is 0.287. The molecule has 0 fully saturated rings. The largest absolute Gasteiger partial charge is 0.573 e. The summed E-state index contributed by atoms with van der Waals surface area (Å²) < 4.78 is 47.6. The fourth-order valence-corrected chi connectivity index (χ4v) is 4.13. The molecule has 0 bridgehead atoms. The highest BCUT2D eigenvalue weighted by atomic mass is 19.4. The van der Waals surface area contributed by atoms with Crippen LogP contribution in [-0.2, 0) is 5.54 Å². The molecule has 2 aromatic carbocycles. The van der Waals surface area contributed by atoms with Crippen LogP contribution in [0.15, 0.2) is 73.1 Å². The van der Waals surface area contributed by atoms with Gasteiger partial charge in [-0.2, -0.15) is 0 Å². The van der Waals surface area contributed by atoms with E-state index < -0.39 is 11.9 Å². The highest BCUT2D eigenvalue weighted by molar-refractivity contribution is 5.98. The molecule has 0 unspecified atom stereocenters. The number of benzene rings is 2. The van der Waals surface area contributed by atoms with Gasteiger partial charge in [-0.1, -0.05) is 18.2 Å². The zero-order valence-corrected chi connectivity index (χ0v) is 17.1. The quantitative estimate of drug-likeness (QED) is 0.460. The molecule has 2 N–H and O–H groups in total. The minimum absolute atomic E-state index is 0.287. The summed E-state index contributed by atoms with van der Waals surface area (Å²) in [5.74, 6) is -0.196. The van der Waals surface area contributed by atoms with E-state index in [1.165, 1.54) is 24.3 Å². The maximum Gasteiger partial charge on any atom is 0.573 e. The number of hydrogen-bond acceptors (Lipinski definition) is 4. The molecule has 1 amide bonds. The fourth-order valence-electron chi connectivity index (χ4n) is 4.13. The van der Waals surface area contributed by atoms with Crippen molar-refractivity contribution in [2.45, 2.75) is 18.3 Å². The number of hydrogen-bond donors (Lipinski definition) is 2.